The Labute approximate surface area is 147 Å². The molecule has 1 saturated heterocycles. The summed E-state index contributed by atoms with van der Waals surface area (Å²) < 4.78 is 0. The van der Waals surface area contributed by atoms with Gasteiger partial charge in [0.05, 0.1) is 0 Å². The molecule has 0 radical (unpaired) electrons. The van der Waals surface area contributed by atoms with Gasteiger partial charge in [-0.15, -0.1) is 0 Å². The molecule has 2 amide bonds. The second kappa shape index (κ2) is 7.58. The van der Waals surface area contributed by atoms with Crippen molar-refractivity contribution in [3.8, 4) is 0 Å². The fourth-order valence-electron chi connectivity index (χ4n) is 2.96. The van der Waals surface area contributed by atoms with Crippen LogP contribution in [0.15, 0.2) is 42.5 Å². The van der Waals surface area contributed by atoms with Crippen molar-refractivity contribution in [3.63, 3.8) is 0 Å². The van der Waals surface area contributed by atoms with Crippen molar-refractivity contribution in [1.82, 2.24) is 0 Å². The van der Waals surface area contributed by atoms with Crippen molar-refractivity contribution in [2.45, 2.75) is 26.2 Å². The number of rotatable bonds is 3. The molecule has 0 unspecified atom stereocenters. The van der Waals surface area contributed by atoms with E-state index in [1.807, 2.05) is 25.1 Å². The third-order valence-electron chi connectivity index (χ3n) is 4.28. The predicted octanol–water partition coefficient (Wildman–Crippen LogP) is 5.28. The monoisotopic (exact) mass is 343 g/mol. The largest absolute Gasteiger partial charge is 0.372 e. The summed E-state index contributed by atoms with van der Waals surface area (Å²) in [6.45, 7) is 4.14. The Balaban J connectivity index is 1.59. The Morgan fingerprint density at radius 3 is 2.38 bits per heavy atom. The van der Waals surface area contributed by atoms with Gasteiger partial charge in [0.15, 0.2) is 0 Å². The van der Waals surface area contributed by atoms with Crippen molar-refractivity contribution < 1.29 is 4.79 Å². The maximum absolute atomic E-state index is 12.1. The molecule has 1 heterocycles. The third-order valence-corrected chi connectivity index (χ3v) is 4.52. The van der Waals surface area contributed by atoms with Crippen LogP contribution >= 0.6 is 11.6 Å². The number of nitrogens with one attached hydrogen (secondary N) is 2. The lowest BCUT2D eigenvalue weighted by Crippen LogP contribution is -2.29. The van der Waals surface area contributed by atoms with E-state index in [0.29, 0.717) is 5.02 Å². The molecule has 2 N–H and O–H groups in total. The number of piperidine rings is 1. The summed E-state index contributed by atoms with van der Waals surface area (Å²) in [5, 5.41) is 6.36. The van der Waals surface area contributed by atoms with Crippen LogP contribution in [0.4, 0.5) is 21.9 Å². The standard InChI is InChI=1S/C19H22ClN3O/c1-14-13-15(20)5-10-18(14)22-19(24)21-16-6-8-17(9-7-16)23-11-3-2-4-12-23/h5-10,13H,2-4,11-12H2,1H3,(H2,21,22,24). The number of amides is 2. The van der Waals surface area contributed by atoms with E-state index in [-0.39, 0.29) is 6.03 Å². The van der Waals surface area contributed by atoms with Crippen molar-refractivity contribution in [3.05, 3.63) is 53.1 Å². The van der Waals surface area contributed by atoms with Crippen LogP contribution in [0.3, 0.4) is 0 Å². The molecule has 24 heavy (non-hydrogen) atoms. The average molecular weight is 344 g/mol. The zero-order valence-electron chi connectivity index (χ0n) is 13.8. The van der Waals surface area contributed by atoms with E-state index in [9.17, 15) is 4.79 Å². The lowest BCUT2D eigenvalue weighted by atomic mass is 10.1. The van der Waals surface area contributed by atoms with Gasteiger partial charge in [0, 0.05) is 35.2 Å². The summed E-state index contributed by atoms with van der Waals surface area (Å²) in [6, 6.07) is 13.1. The summed E-state index contributed by atoms with van der Waals surface area (Å²) in [4.78, 5) is 14.5. The molecule has 0 aliphatic carbocycles. The van der Waals surface area contributed by atoms with Crippen molar-refractivity contribution >= 4 is 34.7 Å². The van der Waals surface area contributed by atoms with Gasteiger partial charge in [-0.05, 0) is 74.2 Å². The highest BCUT2D eigenvalue weighted by Gasteiger charge is 2.11. The molecule has 1 fully saturated rings. The Hall–Kier alpha value is -2.20. The fraction of sp³-hybridized carbons (Fsp3) is 0.316. The maximum atomic E-state index is 12.1. The molecule has 126 valence electrons. The van der Waals surface area contributed by atoms with E-state index in [4.69, 9.17) is 11.6 Å². The lowest BCUT2D eigenvalue weighted by molar-refractivity contribution is 0.262. The fourth-order valence-corrected chi connectivity index (χ4v) is 3.19. The Morgan fingerprint density at radius 1 is 1.00 bits per heavy atom. The highest BCUT2D eigenvalue weighted by molar-refractivity contribution is 6.30. The molecule has 2 aromatic rings. The minimum Gasteiger partial charge on any atom is -0.372 e. The number of aryl methyl sites for hydroxylation is 1. The van der Waals surface area contributed by atoms with E-state index >= 15 is 0 Å². The maximum Gasteiger partial charge on any atom is 0.323 e. The molecule has 0 saturated carbocycles. The first-order valence-corrected chi connectivity index (χ1v) is 8.69. The number of carbonyl (C=O) groups is 1. The van der Waals surface area contributed by atoms with Gasteiger partial charge in [-0.3, -0.25) is 0 Å². The number of urea groups is 1. The molecule has 5 heteroatoms. The summed E-state index contributed by atoms with van der Waals surface area (Å²) in [7, 11) is 0. The third kappa shape index (κ3) is 4.20. The number of carbonyl (C=O) groups excluding carboxylic acids is 1. The van der Waals surface area contributed by atoms with Crippen molar-refractivity contribution in [2.75, 3.05) is 28.6 Å². The molecule has 1 aliphatic rings. The van der Waals surface area contributed by atoms with E-state index in [0.717, 1.165) is 30.0 Å². The van der Waals surface area contributed by atoms with Crippen molar-refractivity contribution in [1.29, 1.82) is 0 Å². The van der Waals surface area contributed by atoms with Crippen LogP contribution < -0.4 is 15.5 Å². The van der Waals surface area contributed by atoms with Gasteiger partial charge >= 0.3 is 6.03 Å². The molecule has 0 aromatic heterocycles. The molecule has 0 atom stereocenters. The number of halogens is 1. The van der Waals surface area contributed by atoms with Crippen LogP contribution in [0.25, 0.3) is 0 Å². The minimum atomic E-state index is -0.258. The van der Waals surface area contributed by atoms with Crippen LogP contribution in [-0.4, -0.2) is 19.1 Å². The van der Waals surface area contributed by atoms with E-state index in [1.165, 1.54) is 24.9 Å². The van der Waals surface area contributed by atoms with Crippen LogP contribution in [0.5, 0.6) is 0 Å². The second-order valence-electron chi connectivity index (χ2n) is 6.13. The molecule has 1 aliphatic heterocycles. The van der Waals surface area contributed by atoms with Gasteiger partial charge in [0.2, 0.25) is 0 Å². The number of hydrogen-bond acceptors (Lipinski definition) is 2. The first-order chi connectivity index (χ1) is 11.6. The van der Waals surface area contributed by atoms with Crippen LogP contribution in [-0.2, 0) is 0 Å². The predicted molar refractivity (Wildman–Crippen MR) is 101 cm³/mol. The van der Waals surface area contributed by atoms with E-state index in [2.05, 4.69) is 27.7 Å². The Bertz CT molecular complexity index is 709. The topological polar surface area (TPSA) is 44.4 Å². The van der Waals surface area contributed by atoms with Gasteiger partial charge in [-0.25, -0.2) is 4.79 Å². The Morgan fingerprint density at radius 2 is 1.71 bits per heavy atom. The zero-order chi connectivity index (χ0) is 16.9. The first-order valence-electron chi connectivity index (χ1n) is 8.31. The first kappa shape index (κ1) is 16.7. The summed E-state index contributed by atoms with van der Waals surface area (Å²) in [5.41, 5.74) is 3.68. The van der Waals surface area contributed by atoms with Crippen LogP contribution in [0.1, 0.15) is 24.8 Å². The number of anilines is 3. The van der Waals surface area contributed by atoms with Crippen molar-refractivity contribution in [2.24, 2.45) is 0 Å². The molecule has 0 bridgehead atoms. The Kier molecular flexibility index (Phi) is 5.26. The molecule has 4 nitrogen and oxygen atoms in total. The van der Waals surface area contributed by atoms with Gasteiger partial charge in [0.25, 0.3) is 0 Å². The number of nitrogens with zero attached hydrogens (tertiary/aromatic N) is 1. The molecular formula is C19H22ClN3O. The van der Waals surface area contributed by atoms with Gasteiger partial charge in [0.1, 0.15) is 0 Å². The zero-order valence-corrected chi connectivity index (χ0v) is 14.6. The second-order valence-corrected chi connectivity index (χ2v) is 6.57. The SMILES string of the molecule is Cc1cc(Cl)ccc1NC(=O)Nc1ccc(N2CCCCC2)cc1. The summed E-state index contributed by atoms with van der Waals surface area (Å²) >= 11 is 5.93. The van der Waals surface area contributed by atoms with Crippen LogP contribution in [0, 0.1) is 6.92 Å². The number of benzene rings is 2. The van der Waals surface area contributed by atoms with E-state index < -0.39 is 0 Å². The average Bonchev–Trinajstić information content (AvgIpc) is 2.59. The van der Waals surface area contributed by atoms with E-state index in [1.54, 1.807) is 12.1 Å². The molecule has 3 rings (SSSR count). The highest BCUT2D eigenvalue weighted by Crippen LogP contribution is 2.23. The van der Waals surface area contributed by atoms with Gasteiger partial charge < -0.3 is 15.5 Å². The highest BCUT2D eigenvalue weighted by atomic mass is 35.5. The van der Waals surface area contributed by atoms with Crippen LogP contribution in [0.2, 0.25) is 5.02 Å². The van der Waals surface area contributed by atoms with Gasteiger partial charge in [-0.2, -0.15) is 0 Å². The smallest absolute Gasteiger partial charge is 0.323 e. The molecular weight excluding hydrogens is 322 g/mol. The molecule has 0 spiro atoms. The lowest BCUT2D eigenvalue weighted by Gasteiger charge is -2.28. The summed E-state index contributed by atoms with van der Waals surface area (Å²) in [6.07, 6.45) is 3.83. The normalized spacial score (nSPS) is 14.3. The molecule has 2 aromatic carbocycles. The quantitative estimate of drug-likeness (QED) is 0.796. The number of hydrogen-bond donors (Lipinski definition) is 2. The van der Waals surface area contributed by atoms with Gasteiger partial charge in [-0.1, -0.05) is 11.6 Å². The summed E-state index contributed by atoms with van der Waals surface area (Å²) in [5.74, 6) is 0. The minimum absolute atomic E-state index is 0.258.